The van der Waals surface area contributed by atoms with E-state index in [4.69, 9.17) is 14.2 Å². The Labute approximate surface area is 343 Å². The van der Waals surface area contributed by atoms with Crippen LogP contribution in [0.1, 0.15) is 181 Å². The zero-order chi connectivity index (χ0) is 40.8. The zero-order valence-electron chi connectivity index (χ0n) is 35.9. The summed E-state index contributed by atoms with van der Waals surface area (Å²) in [4.78, 5) is 37.7. The van der Waals surface area contributed by atoms with E-state index in [1.807, 2.05) is 48.6 Å². The highest BCUT2D eigenvalue weighted by atomic mass is 16.6. The van der Waals surface area contributed by atoms with Crippen molar-refractivity contribution in [3.63, 3.8) is 0 Å². The molecule has 1 unspecified atom stereocenters. The van der Waals surface area contributed by atoms with Gasteiger partial charge in [-0.05, 0) is 70.6 Å². The Balaban J connectivity index is 4.54. The van der Waals surface area contributed by atoms with Gasteiger partial charge in [-0.25, -0.2) is 0 Å². The van der Waals surface area contributed by atoms with E-state index in [2.05, 4.69) is 69.4 Å². The molecule has 0 saturated carbocycles. The summed E-state index contributed by atoms with van der Waals surface area (Å²) in [5.74, 6) is -1.00. The lowest BCUT2D eigenvalue weighted by Gasteiger charge is -2.18. The van der Waals surface area contributed by atoms with Crippen molar-refractivity contribution < 1.29 is 28.6 Å². The standard InChI is InChI=1S/C50H80O6/c1-4-7-10-13-16-19-22-24-25-26-29-31-34-37-40-43-49(52)55-46-47(45-54-48(51)42-39-36-33-30-27-21-18-15-12-9-6-3)56-50(53)44-41-38-35-32-28-23-20-17-14-11-8-5-2/h7-8,10-11,13,16-17,19-20,22,24-26,28-29,32,47H,4-6,9,12,14-15,18,21,23,27,30-31,33-46H2,1-3H3/b10-7-,11-8-,16-13-,20-17-,22-19-,25-24-,29-26-,32-28-. The molecule has 316 valence electrons. The van der Waals surface area contributed by atoms with Crippen molar-refractivity contribution in [2.45, 2.75) is 187 Å². The van der Waals surface area contributed by atoms with E-state index in [1.165, 1.54) is 51.4 Å². The first-order valence-electron chi connectivity index (χ1n) is 22.3. The minimum Gasteiger partial charge on any atom is -0.462 e. The second kappa shape index (κ2) is 44.0. The van der Waals surface area contributed by atoms with Crippen molar-refractivity contribution in [1.29, 1.82) is 0 Å². The summed E-state index contributed by atoms with van der Waals surface area (Å²) in [6, 6.07) is 0. The maximum Gasteiger partial charge on any atom is 0.306 e. The van der Waals surface area contributed by atoms with Gasteiger partial charge in [0, 0.05) is 19.3 Å². The lowest BCUT2D eigenvalue weighted by molar-refractivity contribution is -0.167. The molecule has 1 atom stereocenters. The fourth-order valence-electron chi connectivity index (χ4n) is 5.65. The molecule has 0 aliphatic rings. The van der Waals surface area contributed by atoms with Crippen LogP contribution < -0.4 is 0 Å². The summed E-state index contributed by atoms with van der Waals surface area (Å²) in [7, 11) is 0. The molecule has 0 aromatic heterocycles. The Morgan fingerprint density at radius 2 is 0.786 bits per heavy atom. The lowest BCUT2D eigenvalue weighted by atomic mass is 10.1. The maximum atomic E-state index is 12.7. The fraction of sp³-hybridized carbons (Fsp3) is 0.620. The molecule has 0 aliphatic carbocycles. The summed E-state index contributed by atoms with van der Waals surface area (Å²) in [5, 5.41) is 0. The molecule has 0 heterocycles. The van der Waals surface area contributed by atoms with Crippen molar-refractivity contribution >= 4 is 17.9 Å². The van der Waals surface area contributed by atoms with Gasteiger partial charge in [-0.15, -0.1) is 0 Å². The van der Waals surface area contributed by atoms with Crippen molar-refractivity contribution in [2.75, 3.05) is 13.2 Å². The molecule has 0 spiro atoms. The lowest BCUT2D eigenvalue weighted by Crippen LogP contribution is -2.30. The average Bonchev–Trinajstić information content (AvgIpc) is 3.19. The van der Waals surface area contributed by atoms with Crippen molar-refractivity contribution in [3.05, 3.63) is 97.2 Å². The summed E-state index contributed by atoms with van der Waals surface area (Å²) in [5.41, 5.74) is 0. The first-order chi connectivity index (χ1) is 27.5. The van der Waals surface area contributed by atoms with Crippen LogP contribution in [0.5, 0.6) is 0 Å². The number of rotatable bonds is 38. The van der Waals surface area contributed by atoms with Gasteiger partial charge < -0.3 is 14.2 Å². The molecule has 0 amide bonds. The minimum absolute atomic E-state index is 0.107. The van der Waals surface area contributed by atoms with Crippen LogP contribution in [0.3, 0.4) is 0 Å². The molecule has 0 N–H and O–H groups in total. The second-order valence-corrected chi connectivity index (χ2v) is 14.3. The summed E-state index contributed by atoms with van der Waals surface area (Å²) < 4.78 is 16.6. The van der Waals surface area contributed by atoms with Crippen molar-refractivity contribution in [3.8, 4) is 0 Å². The van der Waals surface area contributed by atoms with Gasteiger partial charge in [0.25, 0.3) is 0 Å². The molecule has 0 aromatic carbocycles. The summed E-state index contributed by atoms with van der Waals surface area (Å²) in [6.07, 6.45) is 56.8. The van der Waals surface area contributed by atoms with E-state index < -0.39 is 6.10 Å². The fourth-order valence-corrected chi connectivity index (χ4v) is 5.65. The highest BCUT2D eigenvalue weighted by Gasteiger charge is 2.19. The Hall–Kier alpha value is -3.67. The van der Waals surface area contributed by atoms with E-state index in [1.54, 1.807) is 0 Å². The van der Waals surface area contributed by atoms with Crippen LogP contribution in [0.25, 0.3) is 0 Å². The molecule has 0 radical (unpaired) electrons. The van der Waals surface area contributed by atoms with Crippen LogP contribution in [0.2, 0.25) is 0 Å². The Kier molecular flexibility index (Phi) is 41.2. The van der Waals surface area contributed by atoms with Gasteiger partial charge in [0.15, 0.2) is 6.10 Å². The predicted octanol–water partition coefficient (Wildman–Crippen LogP) is 14.2. The smallest absolute Gasteiger partial charge is 0.306 e. The molecule has 0 aliphatic heterocycles. The van der Waals surface area contributed by atoms with Crippen LogP contribution in [0.4, 0.5) is 0 Å². The number of hydrogen-bond acceptors (Lipinski definition) is 6. The first kappa shape index (κ1) is 52.3. The van der Waals surface area contributed by atoms with Crippen LogP contribution in [-0.4, -0.2) is 37.2 Å². The van der Waals surface area contributed by atoms with Crippen LogP contribution in [0.15, 0.2) is 97.2 Å². The van der Waals surface area contributed by atoms with Gasteiger partial charge in [0.2, 0.25) is 0 Å². The monoisotopic (exact) mass is 777 g/mol. The topological polar surface area (TPSA) is 78.9 Å². The van der Waals surface area contributed by atoms with E-state index >= 15 is 0 Å². The predicted molar refractivity (Wildman–Crippen MR) is 237 cm³/mol. The highest BCUT2D eigenvalue weighted by Crippen LogP contribution is 2.13. The van der Waals surface area contributed by atoms with Gasteiger partial charge >= 0.3 is 17.9 Å². The van der Waals surface area contributed by atoms with Gasteiger partial charge in [-0.1, -0.05) is 189 Å². The third kappa shape index (κ3) is 41.5. The summed E-state index contributed by atoms with van der Waals surface area (Å²) >= 11 is 0. The number of carbonyl (C=O) groups excluding carboxylic acids is 3. The normalized spacial score (nSPS) is 13.0. The molecule has 0 aromatic rings. The maximum absolute atomic E-state index is 12.7. The zero-order valence-corrected chi connectivity index (χ0v) is 35.9. The van der Waals surface area contributed by atoms with E-state index in [0.717, 1.165) is 83.5 Å². The van der Waals surface area contributed by atoms with Gasteiger partial charge in [-0.2, -0.15) is 0 Å². The van der Waals surface area contributed by atoms with Crippen LogP contribution in [-0.2, 0) is 28.6 Å². The molecule has 0 rings (SSSR count). The van der Waals surface area contributed by atoms with E-state index in [0.29, 0.717) is 19.3 Å². The minimum atomic E-state index is -0.812. The molecular weight excluding hydrogens is 697 g/mol. The second-order valence-electron chi connectivity index (χ2n) is 14.3. The molecule has 0 fully saturated rings. The quantitative estimate of drug-likeness (QED) is 0.0204. The number of carbonyl (C=O) groups is 3. The number of unbranched alkanes of at least 4 members (excludes halogenated alkanes) is 15. The summed E-state index contributed by atoms with van der Waals surface area (Å²) in [6.45, 7) is 6.27. The Morgan fingerprint density at radius 1 is 0.393 bits per heavy atom. The van der Waals surface area contributed by atoms with Crippen molar-refractivity contribution in [1.82, 2.24) is 0 Å². The Morgan fingerprint density at radius 3 is 1.34 bits per heavy atom. The number of ether oxygens (including phenoxy) is 3. The van der Waals surface area contributed by atoms with Gasteiger partial charge in [0.1, 0.15) is 13.2 Å². The first-order valence-corrected chi connectivity index (χ1v) is 22.3. The number of esters is 3. The molecule has 6 heteroatoms. The van der Waals surface area contributed by atoms with Crippen molar-refractivity contribution in [2.24, 2.45) is 0 Å². The van der Waals surface area contributed by atoms with Crippen LogP contribution >= 0.6 is 0 Å². The molecule has 56 heavy (non-hydrogen) atoms. The molecular formula is C50H80O6. The molecule has 0 bridgehead atoms. The van der Waals surface area contributed by atoms with E-state index in [9.17, 15) is 14.4 Å². The average molecular weight is 777 g/mol. The molecule has 0 saturated heterocycles. The third-order valence-electron chi connectivity index (χ3n) is 8.96. The number of allylic oxidation sites excluding steroid dienone is 16. The Bertz CT molecular complexity index is 1170. The van der Waals surface area contributed by atoms with Gasteiger partial charge in [-0.3, -0.25) is 14.4 Å². The van der Waals surface area contributed by atoms with E-state index in [-0.39, 0.29) is 37.5 Å². The molecule has 6 nitrogen and oxygen atoms in total. The third-order valence-corrected chi connectivity index (χ3v) is 8.96. The number of hydrogen-bond donors (Lipinski definition) is 0. The largest absolute Gasteiger partial charge is 0.462 e. The SMILES string of the molecule is CC\C=C/C=C\C=C/C=C\C=C/CCCCCC(=O)OCC(COC(=O)CCCCCCCCCCCCC)OC(=O)CCCC/C=C\C/C=C\C/C=C\CC. The van der Waals surface area contributed by atoms with Crippen LogP contribution in [0, 0.1) is 0 Å². The van der Waals surface area contributed by atoms with Gasteiger partial charge in [0.05, 0.1) is 0 Å². The highest BCUT2D eigenvalue weighted by molar-refractivity contribution is 5.71.